The van der Waals surface area contributed by atoms with Crippen LogP contribution in [0, 0.1) is 0 Å². The first-order valence-electron chi connectivity index (χ1n) is 4.81. The predicted molar refractivity (Wildman–Crippen MR) is 52.4 cm³/mol. The molecule has 0 fully saturated rings. The molecule has 0 rings (SSSR count). The maximum Gasteiger partial charge on any atom is 0.248 e. The molecule has 0 aliphatic rings. The molecular weight excluding hydrogens is 168 g/mol. The van der Waals surface area contributed by atoms with Gasteiger partial charge in [0.15, 0.2) is 0 Å². The highest BCUT2D eigenvalue weighted by atomic mass is 16.5. The minimum Gasteiger partial charge on any atom is -0.372 e. The molecule has 0 unspecified atom stereocenters. The second-order valence-corrected chi connectivity index (χ2v) is 2.75. The molecule has 0 radical (unpaired) electrons. The molecule has 13 heavy (non-hydrogen) atoms. The maximum absolute atomic E-state index is 11.4. The molecule has 0 aliphatic carbocycles. The molecule has 0 saturated carbocycles. The zero-order valence-electron chi connectivity index (χ0n) is 8.58. The number of rotatable bonds is 7. The fraction of sp³-hybridized carbons (Fsp3) is 0.889. The average Bonchev–Trinajstić information content (AvgIpc) is 2.16. The highest BCUT2D eigenvalue weighted by Gasteiger charge is 2.09. The summed E-state index contributed by atoms with van der Waals surface area (Å²) in [6.07, 6.45) is 0.853. The number of carbonyl (C=O) groups is 1. The van der Waals surface area contributed by atoms with Gasteiger partial charge in [0, 0.05) is 19.7 Å². The van der Waals surface area contributed by atoms with Crippen molar-refractivity contribution in [2.24, 2.45) is 5.73 Å². The van der Waals surface area contributed by atoms with Gasteiger partial charge in [-0.25, -0.2) is 0 Å². The summed E-state index contributed by atoms with van der Waals surface area (Å²) in [4.78, 5) is 13.2. The van der Waals surface area contributed by atoms with Gasteiger partial charge in [-0.15, -0.1) is 0 Å². The number of likely N-dealkylation sites (N-methyl/N-ethyl adjacent to an activating group) is 1. The lowest BCUT2D eigenvalue weighted by Crippen LogP contribution is -2.35. The van der Waals surface area contributed by atoms with E-state index in [1.165, 1.54) is 0 Å². The molecule has 4 heteroatoms. The molecule has 0 bridgehead atoms. The molecule has 0 saturated heterocycles. The molecule has 0 aromatic carbocycles. The van der Waals surface area contributed by atoms with E-state index in [4.69, 9.17) is 10.5 Å². The van der Waals surface area contributed by atoms with Gasteiger partial charge in [-0.3, -0.25) is 4.79 Å². The van der Waals surface area contributed by atoms with Crippen molar-refractivity contribution in [3.63, 3.8) is 0 Å². The second-order valence-electron chi connectivity index (χ2n) is 2.75. The van der Waals surface area contributed by atoms with Crippen molar-refractivity contribution in [2.45, 2.75) is 20.3 Å². The quantitative estimate of drug-likeness (QED) is 0.622. The van der Waals surface area contributed by atoms with Crippen LogP contribution in [0.3, 0.4) is 0 Å². The smallest absolute Gasteiger partial charge is 0.248 e. The standard InChI is InChI=1S/C9H20N2O2/c1-3-11(7-5-6-10)9(12)8-13-4-2/h3-8,10H2,1-2H3. The minimum absolute atomic E-state index is 0.0535. The lowest BCUT2D eigenvalue weighted by molar-refractivity contribution is -0.135. The summed E-state index contributed by atoms with van der Waals surface area (Å²) in [6.45, 7) is 6.70. The predicted octanol–water partition coefficient (Wildman–Crippen LogP) is 0.220. The van der Waals surface area contributed by atoms with E-state index in [0.717, 1.165) is 19.5 Å². The van der Waals surface area contributed by atoms with Crippen molar-refractivity contribution in [1.82, 2.24) is 4.90 Å². The molecule has 2 N–H and O–H groups in total. The molecule has 0 heterocycles. The van der Waals surface area contributed by atoms with Crippen LogP contribution in [0.25, 0.3) is 0 Å². The van der Waals surface area contributed by atoms with Gasteiger partial charge < -0.3 is 15.4 Å². The number of carbonyl (C=O) groups excluding carboxylic acids is 1. The van der Waals surface area contributed by atoms with Crippen molar-refractivity contribution in [2.75, 3.05) is 32.8 Å². The number of nitrogens with zero attached hydrogens (tertiary/aromatic N) is 1. The molecule has 0 spiro atoms. The first-order chi connectivity index (χ1) is 6.26. The van der Waals surface area contributed by atoms with Gasteiger partial charge in [0.05, 0.1) is 0 Å². The summed E-state index contributed by atoms with van der Waals surface area (Å²) in [5, 5.41) is 0. The van der Waals surface area contributed by atoms with E-state index in [2.05, 4.69) is 0 Å². The number of hydrogen-bond donors (Lipinski definition) is 1. The van der Waals surface area contributed by atoms with E-state index in [1.54, 1.807) is 4.90 Å². The van der Waals surface area contributed by atoms with Gasteiger partial charge in [0.1, 0.15) is 6.61 Å². The van der Waals surface area contributed by atoms with Crippen LogP contribution in [0.1, 0.15) is 20.3 Å². The maximum atomic E-state index is 11.4. The molecule has 1 amide bonds. The lowest BCUT2D eigenvalue weighted by Gasteiger charge is -2.20. The zero-order chi connectivity index (χ0) is 10.1. The second kappa shape index (κ2) is 8.01. The van der Waals surface area contributed by atoms with Gasteiger partial charge in [-0.1, -0.05) is 0 Å². The van der Waals surface area contributed by atoms with E-state index in [9.17, 15) is 4.79 Å². The Morgan fingerprint density at radius 3 is 2.62 bits per heavy atom. The van der Waals surface area contributed by atoms with Crippen LogP contribution in [0.2, 0.25) is 0 Å². The summed E-state index contributed by atoms with van der Waals surface area (Å²) in [6, 6.07) is 0. The van der Waals surface area contributed by atoms with Crippen LogP contribution < -0.4 is 5.73 Å². The number of nitrogens with two attached hydrogens (primary N) is 1. The van der Waals surface area contributed by atoms with Crippen molar-refractivity contribution in [1.29, 1.82) is 0 Å². The van der Waals surface area contributed by atoms with Crippen molar-refractivity contribution in [3.8, 4) is 0 Å². The van der Waals surface area contributed by atoms with Crippen molar-refractivity contribution in [3.05, 3.63) is 0 Å². The van der Waals surface area contributed by atoms with Crippen LogP contribution in [-0.4, -0.2) is 43.7 Å². The minimum atomic E-state index is 0.0535. The van der Waals surface area contributed by atoms with Crippen LogP contribution in [0.15, 0.2) is 0 Å². The van der Waals surface area contributed by atoms with Crippen molar-refractivity contribution >= 4 is 5.91 Å². The third-order valence-corrected chi connectivity index (χ3v) is 1.80. The van der Waals surface area contributed by atoms with Gasteiger partial charge in [0.2, 0.25) is 5.91 Å². The first kappa shape index (κ1) is 12.4. The third kappa shape index (κ3) is 5.60. The third-order valence-electron chi connectivity index (χ3n) is 1.80. The fourth-order valence-corrected chi connectivity index (χ4v) is 1.02. The number of hydrogen-bond acceptors (Lipinski definition) is 3. The Kier molecular flexibility index (Phi) is 7.63. The van der Waals surface area contributed by atoms with Crippen LogP contribution in [0.5, 0.6) is 0 Å². The Morgan fingerprint density at radius 1 is 1.46 bits per heavy atom. The van der Waals surface area contributed by atoms with Crippen LogP contribution in [-0.2, 0) is 9.53 Å². The molecular formula is C9H20N2O2. The fourth-order valence-electron chi connectivity index (χ4n) is 1.02. The average molecular weight is 188 g/mol. The number of amides is 1. The summed E-state index contributed by atoms with van der Waals surface area (Å²) in [5.74, 6) is 0.0535. The summed E-state index contributed by atoms with van der Waals surface area (Å²) in [7, 11) is 0. The topological polar surface area (TPSA) is 55.6 Å². The van der Waals surface area contributed by atoms with E-state index in [0.29, 0.717) is 13.2 Å². The van der Waals surface area contributed by atoms with E-state index < -0.39 is 0 Å². The zero-order valence-corrected chi connectivity index (χ0v) is 8.58. The van der Waals surface area contributed by atoms with Gasteiger partial charge in [-0.05, 0) is 26.8 Å². The highest BCUT2D eigenvalue weighted by Crippen LogP contribution is 1.92. The molecule has 78 valence electrons. The summed E-state index contributed by atoms with van der Waals surface area (Å²) < 4.78 is 5.04. The van der Waals surface area contributed by atoms with E-state index in [1.807, 2.05) is 13.8 Å². The Morgan fingerprint density at radius 2 is 2.15 bits per heavy atom. The molecule has 0 aromatic heterocycles. The lowest BCUT2D eigenvalue weighted by atomic mass is 10.3. The largest absolute Gasteiger partial charge is 0.372 e. The molecule has 4 nitrogen and oxygen atoms in total. The highest BCUT2D eigenvalue weighted by molar-refractivity contribution is 5.77. The van der Waals surface area contributed by atoms with Gasteiger partial charge in [-0.2, -0.15) is 0 Å². The van der Waals surface area contributed by atoms with Gasteiger partial charge >= 0.3 is 0 Å². The van der Waals surface area contributed by atoms with E-state index >= 15 is 0 Å². The number of ether oxygens (including phenoxy) is 1. The first-order valence-corrected chi connectivity index (χ1v) is 4.81. The summed E-state index contributed by atoms with van der Waals surface area (Å²) >= 11 is 0. The Balaban J connectivity index is 3.71. The monoisotopic (exact) mass is 188 g/mol. The Hall–Kier alpha value is -0.610. The Bertz CT molecular complexity index is 140. The summed E-state index contributed by atoms with van der Waals surface area (Å²) in [5.41, 5.74) is 5.36. The van der Waals surface area contributed by atoms with Crippen LogP contribution in [0.4, 0.5) is 0 Å². The normalized spacial score (nSPS) is 10.1. The van der Waals surface area contributed by atoms with Gasteiger partial charge in [0.25, 0.3) is 0 Å². The molecule has 0 aliphatic heterocycles. The Labute approximate surface area is 80.0 Å². The van der Waals surface area contributed by atoms with E-state index in [-0.39, 0.29) is 12.5 Å². The molecule has 0 aromatic rings. The SMILES string of the molecule is CCOCC(=O)N(CC)CCCN. The van der Waals surface area contributed by atoms with Crippen molar-refractivity contribution < 1.29 is 9.53 Å². The molecule has 0 atom stereocenters. The van der Waals surface area contributed by atoms with Crippen LogP contribution >= 0.6 is 0 Å².